The van der Waals surface area contributed by atoms with Gasteiger partial charge in [-0.3, -0.25) is 14.5 Å². The van der Waals surface area contributed by atoms with Gasteiger partial charge < -0.3 is 9.80 Å². The lowest BCUT2D eigenvalue weighted by atomic mass is 10.1. The first kappa shape index (κ1) is 19.4. The molecule has 1 fully saturated rings. The molecular formula is C22H25N5OS. The van der Waals surface area contributed by atoms with Gasteiger partial charge >= 0.3 is 0 Å². The molecule has 7 heteroatoms. The van der Waals surface area contributed by atoms with E-state index in [4.69, 9.17) is 12.2 Å². The van der Waals surface area contributed by atoms with E-state index >= 15 is 0 Å². The van der Waals surface area contributed by atoms with E-state index in [2.05, 4.69) is 46.3 Å². The van der Waals surface area contributed by atoms with Crippen molar-refractivity contribution in [2.75, 3.05) is 31.1 Å². The first-order chi connectivity index (χ1) is 14.0. The number of benzene rings is 2. The lowest BCUT2D eigenvalue weighted by molar-refractivity contribution is -0.132. The number of aryl methyl sites for hydroxylation is 2. The van der Waals surface area contributed by atoms with Gasteiger partial charge in [0.1, 0.15) is 6.54 Å². The van der Waals surface area contributed by atoms with Gasteiger partial charge in [-0.2, -0.15) is 5.10 Å². The molecule has 2 aromatic carbocycles. The van der Waals surface area contributed by atoms with E-state index in [1.807, 2.05) is 36.1 Å². The van der Waals surface area contributed by atoms with Gasteiger partial charge in [0.15, 0.2) is 10.6 Å². The summed E-state index contributed by atoms with van der Waals surface area (Å²) in [6.07, 6.45) is 0. The Bertz CT molecular complexity index is 1080. The topological polar surface area (TPSA) is 57.2 Å². The maximum absolute atomic E-state index is 13.0. The van der Waals surface area contributed by atoms with Crippen molar-refractivity contribution >= 4 is 23.8 Å². The molecule has 0 bridgehead atoms. The summed E-state index contributed by atoms with van der Waals surface area (Å²) in [5.74, 6) is 0.769. The van der Waals surface area contributed by atoms with E-state index in [1.165, 1.54) is 11.3 Å². The molecule has 1 N–H and O–H groups in total. The van der Waals surface area contributed by atoms with Gasteiger partial charge in [0.2, 0.25) is 5.91 Å². The zero-order valence-corrected chi connectivity index (χ0v) is 17.6. The highest BCUT2D eigenvalue weighted by Crippen LogP contribution is 2.20. The number of carbonyl (C=O) groups is 1. The van der Waals surface area contributed by atoms with Crippen LogP contribution in [0, 0.1) is 18.6 Å². The summed E-state index contributed by atoms with van der Waals surface area (Å²) in [6.45, 7) is 7.41. The highest BCUT2D eigenvalue weighted by molar-refractivity contribution is 7.71. The Hall–Kier alpha value is -2.93. The van der Waals surface area contributed by atoms with E-state index in [0.29, 0.717) is 23.7 Å². The van der Waals surface area contributed by atoms with E-state index in [-0.39, 0.29) is 12.5 Å². The van der Waals surface area contributed by atoms with Crippen LogP contribution in [0.5, 0.6) is 0 Å². The summed E-state index contributed by atoms with van der Waals surface area (Å²) in [7, 11) is 0. The number of nitrogens with one attached hydrogen (secondary N) is 1. The van der Waals surface area contributed by atoms with Crippen LogP contribution in [0.3, 0.4) is 0 Å². The molecule has 2 heterocycles. The fourth-order valence-electron chi connectivity index (χ4n) is 3.74. The predicted octanol–water partition coefficient (Wildman–Crippen LogP) is 3.57. The minimum atomic E-state index is 0.0697. The van der Waals surface area contributed by atoms with Crippen molar-refractivity contribution in [3.8, 4) is 11.4 Å². The standard InChI is InChI=1S/C22H25N5OS/c1-16-5-3-7-18(13-16)21-23-24-22(29)27(21)15-20(28)26-11-9-25(10-12-26)19-8-4-6-17(2)14-19/h3-8,13-14H,9-12,15H2,1-2H3,(H,24,29). The van der Waals surface area contributed by atoms with Crippen molar-refractivity contribution in [1.82, 2.24) is 19.7 Å². The van der Waals surface area contributed by atoms with Crippen LogP contribution in [0.2, 0.25) is 0 Å². The molecule has 0 radical (unpaired) electrons. The third kappa shape index (κ3) is 4.24. The van der Waals surface area contributed by atoms with Crippen LogP contribution in [0.15, 0.2) is 48.5 Å². The Kier molecular flexibility index (Phi) is 5.49. The van der Waals surface area contributed by atoms with Crippen molar-refractivity contribution in [2.24, 2.45) is 0 Å². The summed E-state index contributed by atoms with van der Waals surface area (Å²) in [4.78, 5) is 17.2. The molecule has 0 aliphatic carbocycles. The average Bonchev–Trinajstić information content (AvgIpc) is 3.08. The van der Waals surface area contributed by atoms with E-state index in [9.17, 15) is 4.79 Å². The number of nitrogens with zero attached hydrogens (tertiary/aromatic N) is 4. The quantitative estimate of drug-likeness (QED) is 0.672. The largest absolute Gasteiger partial charge is 0.368 e. The number of amides is 1. The van der Waals surface area contributed by atoms with Gasteiger partial charge in [-0.05, 0) is 49.8 Å². The van der Waals surface area contributed by atoms with Gasteiger partial charge in [0, 0.05) is 37.4 Å². The van der Waals surface area contributed by atoms with Crippen molar-refractivity contribution < 1.29 is 4.79 Å². The normalized spacial score (nSPS) is 14.3. The molecule has 6 nitrogen and oxygen atoms in total. The molecule has 1 aliphatic heterocycles. The van der Waals surface area contributed by atoms with Gasteiger partial charge in [0.25, 0.3) is 0 Å². The van der Waals surface area contributed by atoms with Crippen molar-refractivity contribution in [1.29, 1.82) is 0 Å². The maximum atomic E-state index is 13.0. The molecule has 0 unspecified atom stereocenters. The average molecular weight is 408 g/mol. The summed E-state index contributed by atoms with van der Waals surface area (Å²) in [5, 5.41) is 7.19. The van der Waals surface area contributed by atoms with Gasteiger partial charge in [-0.15, -0.1) is 0 Å². The number of aromatic amines is 1. The minimum Gasteiger partial charge on any atom is -0.368 e. The number of piperazine rings is 1. The zero-order valence-electron chi connectivity index (χ0n) is 16.8. The summed E-state index contributed by atoms with van der Waals surface area (Å²) < 4.78 is 2.26. The molecule has 1 aliphatic rings. The predicted molar refractivity (Wildman–Crippen MR) is 118 cm³/mol. The Morgan fingerprint density at radius 1 is 1.03 bits per heavy atom. The van der Waals surface area contributed by atoms with Crippen molar-refractivity contribution in [3.05, 3.63) is 64.4 Å². The van der Waals surface area contributed by atoms with Gasteiger partial charge in [0.05, 0.1) is 0 Å². The van der Waals surface area contributed by atoms with E-state index in [1.54, 1.807) is 4.57 Å². The monoisotopic (exact) mass is 407 g/mol. The highest BCUT2D eigenvalue weighted by Gasteiger charge is 2.23. The number of carbonyl (C=O) groups excluding carboxylic acids is 1. The smallest absolute Gasteiger partial charge is 0.242 e. The van der Waals surface area contributed by atoms with Crippen LogP contribution in [0.1, 0.15) is 11.1 Å². The Morgan fingerprint density at radius 3 is 2.41 bits per heavy atom. The molecule has 1 amide bonds. The number of rotatable bonds is 4. The van der Waals surface area contributed by atoms with Gasteiger partial charge in [-0.1, -0.05) is 35.9 Å². The van der Waals surface area contributed by atoms with Gasteiger partial charge in [-0.25, -0.2) is 0 Å². The first-order valence-electron chi connectivity index (χ1n) is 9.83. The number of anilines is 1. The molecule has 29 heavy (non-hydrogen) atoms. The summed E-state index contributed by atoms with van der Waals surface area (Å²) in [6, 6.07) is 16.6. The maximum Gasteiger partial charge on any atom is 0.242 e. The van der Waals surface area contributed by atoms with Crippen molar-refractivity contribution in [3.63, 3.8) is 0 Å². The Labute approximate surface area is 175 Å². The minimum absolute atomic E-state index is 0.0697. The fraction of sp³-hybridized carbons (Fsp3) is 0.318. The third-order valence-corrected chi connectivity index (χ3v) is 5.64. The van der Waals surface area contributed by atoms with Crippen LogP contribution in [0.4, 0.5) is 5.69 Å². The molecule has 4 rings (SSSR count). The number of H-pyrrole nitrogens is 1. The lowest BCUT2D eigenvalue weighted by Crippen LogP contribution is -2.49. The van der Waals surface area contributed by atoms with Crippen molar-refractivity contribution in [2.45, 2.75) is 20.4 Å². The molecular weight excluding hydrogens is 382 g/mol. The summed E-state index contributed by atoms with van der Waals surface area (Å²) in [5.41, 5.74) is 4.56. The molecule has 150 valence electrons. The van der Waals surface area contributed by atoms with Crippen LogP contribution in [-0.4, -0.2) is 51.8 Å². The first-order valence-corrected chi connectivity index (χ1v) is 10.2. The van der Waals surface area contributed by atoms with Crippen LogP contribution in [0.25, 0.3) is 11.4 Å². The number of aromatic nitrogens is 3. The zero-order chi connectivity index (χ0) is 20.4. The van der Waals surface area contributed by atoms with Crippen LogP contribution < -0.4 is 4.90 Å². The number of hydrogen-bond donors (Lipinski definition) is 1. The molecule has 1 aromatic heterocycles. The molecule has 0 spiro atoms. The second-order valence-corrected chi connectivity index (χ2v) is 7.90. The second-order valence-electron chi connectivity index (χ2n) is 7.51. The lowest BCUT2D eigenvalue weighted by Gasteiger charge is -2.36. The summed E-state index contributed by atoms with van der Waals surface area (Å²) >= 11 is 5.39. The Balaban J connectivity index is 1.45. The van der Waals surface area contributed by atoms with Crippen LogP contribution >= 0.6 is 12.2 Å². The molecule has 0 atom stereocenters. The number of hydrogen-bond acceptors (Lipinski definition) is 4. The highest BCUT2D eigenvalue weighted by atomic mass is 32.1. The molecule has 1 saturated heterocycles. The van der Waals surface area contributed by atoms with E-state index < -0.39 is 0 Å². The van der Waals surface area contributed by atoms with E-state index in [0.717, 1.165) is 24.2 Å². The van der Waals surface area contributed by atoms with Crippen LogP contribution in [-0.2, 0) is 11.3 Å². The molecule has 0 saturated carbocycles. The fourth-order valence-corrected chi connectivity index (χ4v) is 3.94. The second kappa shape index (κ2) is 8.21. The SMILES string of the molecule is Cc1cccc(-c2n[nH]c(=S)n2CC(=O)N2CCN(c3cccc(C)c3)CC2)c1. The Morgan fingerprint density at radius 2 is 1.72 bits per heavy atom. The third-order valence-electron chi connectivity index (χ3n) is 5.33. The molecule has 3 aromatic rings.